The number of hydrogen-bond donors (Lipinski definition) is 1. The lowest BCUT2D eigenvalue weighted by atomic mass is 10.1. The first-order valence-electron chi connectivity index (χ1n) is 8.50. The van der Waals surface area contributed by atoms with E-state index in [2.05, 4.69) is 19.9 Å². The highest BCUT2D eigenvalue weighted by molar-refractivity contribution is 5.81. The molecule has 0 fully saturated rings. The molecule has 2 heterocycles. The van der Waals surface area contributed by atoms with Gasteiger partial charge in [-0.2, -0.15) is 0 Å². The number of benzene rings is 2. The van der Waals surface area contributed by atoms with Gasteiger partial charge in [0.15, 0.2) is 5.49 Å². The molecule has 0 unspecified atom stereocenters. The quantitative estimate of drug-likeness (QED) is 0.590. The van der Waals surface area contributed by atoms with Gasteiger partial charge in [0.25, 0.3) is 0 Å². The summed E-state index contributed by atoms with van der Waals surface area (Å²) in [5.41, 5.74) is 10.4. The average Bonchev–Trinajstić information content (AvgIpc) is 3.36. The van der Waals surface area contributed by atoms with Crippen LogP contribution in [0, 0.1) is 18.6 Å². The fourth-order valence-corrected chi connectivity index (χ4v) is 2.62. The Bertz CT molecular complexity index is 1180. The van der Waals surface area contributed by atoms with Crippen LogP contribution < -0.4 is 11.2 Å². The van der Waals surface area contributed by atoms with Crippen molar-refractivity contribution in [1.29, 1.82) is 0 Å². The summed E-state index contributed by atoms with van der Waals surface area (Å²) in [6.45, 7) is 1.86. The van der Waals surface area contributed by atoms with E-state index in [-0.39, 0.29) is 17.6 Å². The Kier molecular flexibility index (Phi) is 4.49. The first-order valence-corrected chi connectivity index (χ1v) is 8.50. The predicted octanol–water partition coefficient (Wildman–Crippen LogP) is 3.68. The number of nitrogens with two attached hydrogens (primary N) is 1. The monoisotopic (exact) mass is 375 g/mol. The Morgan fingerprint density at radius 2 is 1.54 bits per heavy atom. The van der Waals surface area contributed by atoms with Crippen molar-refractivity contribution in [2.75, 3.05) is 5.73 Å². The maximum Gasteiger partial charge on any atom is 0.221 e. The van der Waals surface area contributed by atoms with Gasteiger partial charge in [0.2, 0.25) is 5.95 Å². The molecule has 0 atom stereocenters. The zero-order chi connectivity index (χ0) is 19.7. The molecule has 4 rings (SSSR count). The van der Waals surface area contributed by atoms with Crippen molar-refractivity contribution < 1.29 is 8.78 Å². The van der Waals surface area contributed by atoms with E-state index in [1.165, 1.54) is 24.3 Å². The zero-order valence-corrected chi connectivity index (χ0v) is 14.9. The maximum absolute atomic E-state index is 13.3. The molecule has 138 valence electrons. The average molecular weight is 375 g/mol. The molecular weight excluding hydrogens is 360 g/mol. The van der Waals surface area contributed by atoms with Gasteiger partial charge in [0.1, 0.15) is 11.6 Å². The van der Waals surface area contributed by atoms with Gasteiger partial charge in [-0.15, -0.1) is 0 Å². The van der Waals surface area contributed by atoms with Gasteiger partial charge in [0.05, 0.1) is 22.8 Å². The second kappa shape index (κ2) is 7.11. The van der Waals surface area contributed by atoms with Crippen molar-refractivity contribution >= 4 is 17.7 Å². The fourth-order valence-electron chi connectivity index (χ4n) is 2.62. The van der Waals surface area contributed by atoms with Crippen molar-refractivity contribution in [3.05, 3.63) is 88.7 Å². The van der Waals surface area contributed by atoms with Crippen LogP contribution in [0.5, 0.6) is 0 Å². The number of anilines is 1. The highest BCUT2D eigenvalue weighted by Crippen LogP contribution is 2.23. The summed E-state index contributed by atoms with van der Waals surface area (Å²) in [5.74, 6) is -0.586. The minimum atomic E-state index is -0.334. The first kappa shape index (κ1) is 17.7. The first-order chi connectivity index (χ1) is 13.5. The molecule has 0 aliphatic carbocycles. The number of nitrogens with zero attached hydrogens (tertiary/aromatic N) is 4. The second-order valence-corrected chi connectivity index (χ2v) is 6.21. The van der Waals surface area contributed by atoms with E-state index < -0.39 is 0 Å². The van der Waals surface area contributed by atoms with Crippen LogP contribution in [0.4, 0.5) is 14.7 Å². The smallest absolute Gasteiger partial charge is 0.221 e. The molecule has 2 aromatic heterocycles. The fraction of sp³-hybridized carbons (Fsp3) is 0.0476. The van der Waals surface area contributed by atoms with Crippen LogP contribution in [0.2, 0.25) is 0 Å². The number of nitrogen functional groups attached to an aromatic ring is 1. The van der Waals surface area contributed by atoms with E-state index in [9.17, 15) is 8.78 Å². The molecule has 0 bridgehead atoms. The number of rotatable bonds is 4. The number of aromatic nitrogens is 3. The Labute approximate surface area is 159 Å². The van der Waals surface area contributed by atoms with Crippen LogP contribution >= 0.6 is 0 Å². The van der Waals surface area contributed by atoms with Crippen molar-refractivity contribution in [3.8, 4) is 11.3 Å². The molecule has 5 nitrogen and oxygen atoms in total. The third kappa shape index (κ3) is 3.98. The maximum atomic E-state index is 13.3. The lowest BCUT2D eigenvalue weighted by molar-refractivity contribution is 0.627. The molecule has 28 heavy (non-hydrogen) atoms. The van der Waals surface area contributed by atoms with Crippen LogP contribution in [-0.4, -0.2) is 15.0 Å². The number of hydrogen-bond acceptors (Lipinski definition) is 5. The molecule has 0 aliphatic rings. The van der Waals surface area contributed by atoms with E-state index in [1.54, 1.807) is 36.4 Å². The molecule has 0 radical (unpaired) electrons. The molecule has 2 N–H and O–H groups in total. The molecule has 2 aromatic carbocycles. The van der Waals surface area contributed by atoms with Crippen LogP contribution in [0.1, 0.15) is 17.0 Å². The summed E-state index contributed by atoms with van der Waals surface area (Å²) in [5, 5.41) is 0. The number of halogens is 2. The summed E-state index contributed by atoms with van der Waals surface area (Å²) in [6.07, 6.45) is 1.73. The Morgan fingerprint density at radius 1 is 0.929 bits per heavy atom. The van der Waals surface area contributed by atoms with E-state index >= 15 is 0 Å². The van der Waals surface area contributed by atoms with E-state index in [1.807, 2.05) is 6.92 Å². The van der Waals surface area contributed by atoms with Gasteiger partial charge in [-0.25, -0.2) is 28.7 Å². The molecule has 0 amide bonds. The minimum Gasteiger partial charge on any atom is -0.368 e. The zero-order valence-electron chi connectivity index (χ0n) is 14.9. The van der Waals surface area contributed by atoms with Gasteiger partial charge in [0, 0.05) is 11.1 Å². The topological polar surface area (TPSA) is 77.0 Å². The molecule has 4 aromatic rings. The molecule has 0 saturated heterocycles. The Morgan fingerprint density at radius 3 is 2.14 bits per heavy atom. The molecule has 0 saturated carbocycles. The van der Waals surface area contributed by atoms with Crippen LogP contribution in [-0.2, 0) is 0 Å². The summed E-state index contributed by atoms with van der Waals surface area (Å²) < 4.78 is 26.5. The molecule has 0 spiro atoms. The van der Waals surface area contributed by atoms with Crippen LogP contribution in [0.3, 0.4) is 0 Å². The third-order valence-electron chi connectivity index (χ3n) is 4.10. The summed E-state index contributed by atoms with van der Waals surface area (Å²) >= 11 is 0. The SMILES string of the molecule is Cc1nc1=N/C(=C\c1cc(-c2ccc(F)cc2)nc(N)n1)c1ccc(F)cc1. The molecule has 7 heteroatoms. The van der Waals surface area contributed by atoms with Crippen molar-refractivity contribution in [3.63, 3.8) is 0 Å². The highest BCUT2D eigenvalue weighted by Gasteiger charge is 2.09. The summed E-state index contributed by atoms with van der Waals surface area (Å²) in [6, 6.07) is 13.7. The van der Waals surface area contributed by atoms with Crippen molar-refractivity contribution in [2.24, 2.45) is 4.99 Å². The van der Waals surface area contributed by atoms with Crippen LogP contribution in [0.25, 0.3) is 23.0 Å². The van der Waals surface area contributed by atoms with Gasteiger partial charge in [-0.3, -0.25) is 0 Å². The van der Waals surface area contributed by atoms with Crippen molar-refractivity contribution in [2.45, 2.75) is 6.92 Å². The summed E-state index contributed by atoms with van der Waals surface area (Å²) in [4.78, 5) is 17.1. The normalized spacial score (nSPS) is 12.7. The van der Waals surface area contributed by atoms with Gasteiger partial charge < -0.3 is 5.73 Å². The van der Waals surface area contributed by atoms with Crippen LogP contribution in [0.15, 0.2) is 59.6 Å². The predicted molar refractivity (Wildman–Crippen MR) is 103 cm³/mol. The largest absolute Gasteiger partial charge is 0.368 e. The van der Waals surface area contributed by atoms with Crippen molar-refractivity contribution in [1.82, 2.24) is 15.0 Å². The lowest BCUT2D eigenvalue weighted by Crippen LogP contribution is -1.99. The van der Waals surface area contributed by atoms with E-state index in [4.69, 9.17) is 5.73 Å². The number of aryl methyl sites for hydroxylation is 1. The van der Waals surface area contributed by atoms with E-state index in [0.717, 1.165) is 5.69 Å². The molecule has 0 aliphatic heterocycles. The van der Waals surface area contributed by atoms with Gasteiger partial charge in [-0.05, 0) is 67.6 Å². The lowest BCUT2D eigenvalue weighted by Gasteiger charge is -2.06. The summed E-state index contributed by atoms with van der Waals surface area (Å²) in [7, 11) is 0. The highest BCUT2D eigenvalue weighted by atomic mass is 19.1. The second-order valence-electron chi connectivity index (χ2n) is 6.21. The molecular formula is C21H15F2N5. The standard InChI is InChI=1S/C21H15F2N5/c1-12-20(25-12)27-18(13-2-6-15(22)7-3-13)10-17-11-19(28-21(24)26-17)14-4-8-16(23)9-5-14/h2-11H,1H3,(H2,24,26,28)/b18-10-,27-20?. The Balaban J connectivity index is 1.80. The Hall–Kier alpha value is -3.74. The van der Waals surface area contributed by atoms with Gasteiger partial charge >= 0.3 is 0 Å². The minimum absolute atomic E-state index is 0.0815. The van der Waals surface area contributed by atoms with E-state index in [0.29, 0.717) is 33.7 Å². The van der Waals surface area contributed by atoms with Gasteiger partial charge in [-0.1, -0.05) is 0 Å². The third-order valence-corrected chi connectivity index (χ3v) is 4.10.